The molecular weight excluding hydrogens is 324 g/mol. The van der Waals surface area contributed by atoms with E-state index in [2.05, 4.69) is 10.6 Å². The lowest BCUT2D eigenvalue weighted by Gasteiger charge is -2.12. The average Bonchev–Trinajstić information content (AvgIpc) is 2.48. The van der Waals surface area contributed by atoms with E-state index in [0.717, 1.165) is 17.2 Å². The van der Waals surface area contributed by atoms with Gasteiger partial charge in [0.05, 0.1) is 5.56 Å². The number of alkyl halides is 3. The summed E-state index contributed by atoms with van der Waals surface area (Å²) in [5.41, 5.74) is 1.25. The van der Waals surface area contributed by atoms with Crippen LogP contribution < -0.4 is 10.6 Å². The molecule has 0 aromatic heterocycles. The molecule has 2 aromatic carbocycles. The molecular formula is C17H16F4N2O. The summed E-state index contributed by atoms with van der Waals surface area (Å²) in [5, 5.41) is 4.93. The van der Waals surface area contributed by atoms with Gasteiger partial charge < -0.3 is 10.6 Å². The van der Waals surface area contributed by atoms with Crippen LogP contribution in [0.3, 0.4) is 0 Å². The molecule has 2 rings (SSSR count). The number of anilines is 1. The molecule has 0 unspecified atom stereocenters. The topological polar surface area (TPSA) is 41.1 Å². The van der Waals surface area contributed by atoms with Gasteiger partial charge in [-0.2, -0.15) is 13.2 Å². The van der Waals surface area contributed by atoms with Gasteiger partial charge in [-0.15, -0.1) is 0 Å². The minimum Gasteiger partial charge on any atom is -0.334 e. The lowest BCUT2D eigenvalue weighted by atomic mass is 10.1. The van der Waals surface area contributed by atoms with E-state index < -0.39 is 23.6 Å². The van der Waals surface area contributed by atoms with Crippen molar-refractivity contribution in [1.29, 1.82) is 0 Å². The highest BCUT2D eigenvalue weighted by Crippen LogP contribution is 2.30. The average molecular weight is 340 g/mol. The normalized spacial score (nSPS) is 11.2. The Bertz CT molecular complexity index is 757. The maximum Gasteiger partial charge on any atom is 0.416 e. The minimum atomic E-state index is -4.57. The van der Waals surface area contributed by atoms with Gasteiger partial charge in [-0.05, 0) is 43.7 Å². The van der Waals surface area contributed by atoms with Crippen molar-refractivity contribution >= 4 is 11.7 Å². The van der Waals surface area contributed by atoms with Crippen molar-refractivity contribution in [3.05, 3.63) is 64.5 Å². The highest BCUT2D eigenvalue weighted by atomic mass is 19.4. The fourth-order valence-electron chi connectivity index (χ4n) is 2.18. The molecule has 0 aliphatic heterocycles. The lowest BCUT2D eigenvalue weighted by Crippen LogP contribution is -2.29. The van der Waals surface area contributed by atoms with Crippen LogP contribution in [0, 0.1) is 19.7 Å². The van der Waals surface area contributed by atoms with Crippen LogP contribution in [0.25, 0.3) is 0 Å². The number of urea groups is 1. The quantitative estimate of drug-likeness (QED) is 0.776. The number of carbonyl (C=O) groups excluding carboxylic acids is 1. The SMILES string of the molecule is Cc1ccc(NC(=O)NCc2cc(C(F)(F)F)ccc2F)c(C)c1. The highest BCUT2D eigenvalue weighted by molar-refractivity contribution is 5.90. The summed E-state index contributed by atoms with van der Waals surface area (Å²) in [6.45, 7) is 3.37. The van der Waals surface area contributed by atoms with Crippen molar-refractivity contribution in [2.45, 2.75) is 26.6 Å². The molecule has 0 aliphatic rings. The monoisotopic (exact) mass is 340 g/mol. The molecule has 0 aliphatic carbocycles. The number of nitrogens with one attached hydrogen (secondary N) is 2. The van der Waals surface area contributed by atoms with Gasteiger partial charge in [-0.3, -0.25) is 0 Å². The lowest BCUT2D eigenvalue weighted by molar-refractivity contribution is -0.137. The molecule has 2 aromatic rings. The molecule has 0 spiro atoms. The molecule has 0 bridgehead atoms. The number of halogens is 4. The van der Waals surface area contributed by atoms with E-state index in [4.69, 9.17) is 0 Å². The predicted octanol–water partition coefficient (Wildman–Crippen LogP) is 4.78. The Morgan fingerprint density at radius 1 is 1.08 bits per heavy atom. The van der Waals surface area contributed by atoms with Crippen molar-refractivity contribution in [2.75, 3.05) is 5.32 Å². The molecule has 0 saturated carbocycles. The first kappa shape index (κ1) is 17.8. The van der Waals surface area contributed by atoms with E-state index >= 15 is 0 Å². The Labute approximate surface area is 136 Å². The number of amides is 2. The molecule has 0 heterocycles. The Balaban J connectivity index is 2.04. The van der Waals surface area contributed by atoms with Crippen LogP contribution in [0.4, 0.5) is 28.0 Å². The fourth-order valence-corrected chi connectivity index (χ4v) is 2.18. The van der Waals surface area contributed by atoms with Gasteiger partial charge in [-0.1, -0.05) is 17.7 Å². The molecule has 0 saturated heterocycles. The fraction of sp³-hybridized carbons (Fsp3) is 0.235. The van der Waals surface area contributed by atoms with Crippen LogP contribution in [0.2, 0.25) is 0 Å². The summed E-state index contributed by atoms with van der Waals surface area (Å²) in [4.78, 5) is 11.8. The van der Waals surface area contributed by atoms with Gasteiger partial charge in [0.25, 0.3) is 0 Å². The van der Waals surface area contributed by atoms with Gasteiger partial charge in [0.1, 0.15) is 5.82 Å². The summed E-state index contributed by atoms with van der Waals surface area (Å²) in [5.74, 6) is -0.810. The van der Waals surface area contributed by atoms with E-state index in [1.54, 1.807) is 6.07 Å². The largest absolute Gasteiger partial charge is 0.416 e. The van der Waals surface area contributed by atoms with Crippen LogP contribution in [0.15, 0.2) is 36.4 Å². The predicted molar refractivity (Wildman–Crippen MR) is 83.2 cm³/mol. The molecule has 24 heavy (non-hydrogen) atoms. The maximum atomic E-state index is 13.6. The van der Waals surface area contributed by atoms with E-state index in [1.807, 2.05) is 26.0 Å². The smallest absolute Gasteiger partial charge is 0.334 e. The molecule has 0 atom stereocenters. The Morgan fingerprint density at radius 2 is 1.79 bits per heavy atom. The van der Waals surface area contributed by atoms with Gasteiger partial charge >= 0.3 is 12.2 Å². The van der Waals surface area contributed by atoms with Crippen molar-refractivity contribution in [3.63, 3.8) is 0 Å². The summed E-state index contributed by atoms with van der Waals surface area (Å²) < 4.78 is 51.5. The molecule has 128 valence electrons. The van der Waals surface area contributed by atoms with E-state index in [-0.39, 0.29) is 12.1 Å². The number of aryl methyl sites for hydroxylation is 2. The van der Waals surface area contributed by atoms with Gasteiger partial charge in [-0.25, -0.2) is 9.18 Å². The van der Waals surface area contributed by atoms with E-state index in [9.17, 15) is 22.4 Å². The summed E-state index contributed by atoms with van der Waals surface area (Å²) >= 11 is 0. The molecule has 3 nitrogen and oxygen atoms in total. The summed E-state index contributed by atoms with van der Waals surface area (Å²) in [7, 11) is 0. The second kappa shape index (κ2) is 6.90. The molecule has 0 radical (unpaired) electrons. The Morgan fingerprint density at radius 3 is 2.42 bits per heavy atom. The zero-order valence-corrected chi connectivity index (χ0v) is 13.1. The number of carbonyl (C=O) groups is 1. The van der Waals surface area contributed by atoms with Crippen LogP contribution in [-0.2, 0) is 12.7 Å². The number of rotatable bonds is 3. The van der Waals surface area contributed by atoms with Crippen molar-refractivity contribution in [2.24, 2.45) is 0 Å². The third kappa shape index (κ3) is 4.47. The minimum absolute atomic E-state index is 0.236. The van der Waals surface area contributed by atoms with E-state index in [0.29, 0.717) is 17.8 Å². The molecule has 2 amide bonds. The second-order valence-corrected chi connectivity index (χ2v) is 5.43. The zero-order valence-electron chi connectivity index (χ0n) is 13.1. The number of benzene rings is 2. The summed E-state index contributed by atoms with van der Waals surface area (Å²) in [6.07, 6.45) is -4.57. The van der Waals surface area contributed by atoms with Crippen molar-refractivity contribution < 1.29 is 22.4 Å². The van der Waals surface area contributed by atoms with Gasteiger partial charge in [0.2, 0.25) is 0 Å². The Hall–Kier alpha value is -2.57. The van der Waals surface area contributed by atoms with Crippen LogP contribution in [0.1, 0.15) is 22.3 Å². The zero-order chi connectivity index (χ0) is 17.9. The first-order valence-electron chi connectivity index (χ1n) is 7.14. The second-order valence-electron chi connectivity index (χ2n) is 5.43. The maximum absolute atomic E-state index is 13.6. The Kier molecular flexibility index (Phi) is 5.11. The third-order valence-corrected chi connectivity index (χ3v) is 3.44. The van der Waals surface area contributed by atoms with Crippen LogP contribution in [-0.4, -0.2) is 6.03 Å². The molecule has 2 N–H and O–H groups in total. The first-order valence-corrected chi connectivity index (χ1v) is 7.14. The van der Waals surface area contributed by atoms with Crippen LogP contribution >= 0.6 is 0 Å². The van der Waals surface area contributed by atoms with Crippen molar-refractivity contribution in [1.82, 2.24) is 5.32 Å². The van der Waals surface area contributed by atoms with Gasteiger partial charge in [0.15, 0.2) is 0 Å². The number of hydrogen-bond donors (Lipinski definition) is 2. The third-order valence-electron chi connectivity index (χ3n) is 3.44. The highest BCUT2D eigenvalue weighted by Gasteiger charge is 2.31. The van der Waals surface area contributed by atoms with Gasteiger partial charge in [0, 0.05) is 17.8 Å². The first-order chi connectivity index (χ1) is 11.2. The van der Waals surface area contributed by atoms with Crippen LogP contribution in [0.5, 0.6) is 0 Å². The molecule has 0 fully saturated rings. The summed E-state index contributed by atoms with van der Waals surface area (Å²) in [6, 6.07) is 6.87. The molecule has 7 heteroatoms. The number of hydrogen-bond acceptors (Lipinski definition) is 1. The van der Waals surface area contributed by atoms with E-state index in [1.165, 1.54) is 0 Å². The van der Waals surface area contributed by atoms with Crippen molar-refractivity contribution in [3.8, 4) is 0 Å². The standard InChI is InChI=1S/C17H16F4N2O/c1-10-3-6-15(11(2)7-10)23-16(24)22-9-12-8-13(17(19,20)21)4-5-14(12)18/h3-8H,9H2,1-2H3,(H2,22,23,24).